The summed E-state index contributed by atoms with van der Waals surface area (Å²) in [5.41, 5.74) is 1.02. The summed E-state index contributed by atoms with van der Waals surface area (Å²) in [7, 11) is 0. The number of hydrogen-bond acceptors (Lipinski definition) is 5. The van der Waals surface area contributed by atoms with E-state index in [2.05, 4.69) is 0 Å². The molecule has 6 heteroatoms. The van der Waals surface area contributed by atoms with Gasteiger partial charge in [-0.2, -0.15) is 0 Å². The van der Waals surface area contributed by atoms with Crippen LogP contribution in [0, 0.1) is 5.82 Å². The fourth-order valence-electron chi connectivity index (χ4n) is 2.44. The van der Waals surface area contributed by atoms with Crippen molar-refractivity contribution in [2.24, 2.45) is 0 Å². The lowest BCUT2D eigenvalue weighted by Crippen LogP contribution is -2.16. The van der Waals surface area contributed by atoms with Crippen molar-refractivity contribution in [1.29, 1.82) is 0 Å². The van der Waals surface area contributed by atoms with Gasteiger partial charge in [0.15, 0.2) is 17.3 Å². The molecule has 1 aliphatic heterocycles. The number of ketones is 1. The van der Waals surface area contributed by atoms with Crippen LogP contribution in [-0.4, -0.2) is 25.0 Å². The largest absolute Gasteiger partial charge is 0.486 e. The Kier molecular flexibility index (Phi) is 5.28. The van der Waals surface area contributed by atoms with E-state index in [1.807, 2.05) is 0 Å². The lowest BCUT2D eigenvalue weighted by Gasteiger charge is -2.18. The van der Waals surface area contributed by atoms with Crippen molar-refractivity contribution < 1.29 is 28.2 Å². The molecular weight excluding hydrogens is 327 g/mol. The molecule has 1 heterocycles. The highest BCUT2D eigenvalue weighted by Crippen LogP contribution is 2.31. The molecule has 0 aromatic heterocycles. The maximum atomic E-state index is 13.0. The predicted molar refractivity (Wildman–Crippen MR) is 87.2 cm³/mol. The zero-order valence-electron chi connectivity index (χ0n) is 13.5. The van der Waals surface area contributed by atoms with E-state index in [-0.39, 0.29) is 31.0 Å². The molecule has 0 radical (unpaired) electrons. The van der Waals surface area contributed by atoms with Gasteiger partial charge in [0.2, 0.25) is 0 Å². The standard InChI is InChI=1S/C19H17FO5/c20-15-3-1-2-13(10-15)12-25-19(22)7-5-16(21)14-4-6-17-18(11-14)24-9-8-23-17/h1-4,6,10-11H,5,7-9,12H2. The molecule has 2 aromatic carbocycles. The third-order valence-corrected chi connectivity index (χ3v) is 3.71. The number of carbonyl (C=O) groups excluding carboxylic acids is 2. The summed E-state index contributed by atoms with van der Waals surface area (Å²) in [5.74, 6) is 0.0697. The van der Waals surface area contributed by atoms with Crippen LogP contribution >= 0.6 is 0 Å². The van der Waals surface area contributed by atoms with Crippen LogP contribution in [0.1, 0.15) is 28.8 Å². The summed E-state index contributed by atoms with van der Waals surface area (Å²) < 4.78 is 28.9. The molecule has 0 unspecified atom stereocenters. The van der Waals surface area contributed by atoms with E-state index < -0.39 is 5.97 Å². The molecule has 3 rings (SSSR count). The second kappa shape index (κ2) is 7.79. The summed E-state index contributed by atoms with van der Waals surface area (Å²) >= 11 is 0. The predicted octanol–water partition coefficient (Wildman–Crippen LogP) is 3.30. The number of ether oxygens (including phenoxy) is 3. The number of hydrogen-bond donors (Lipinski definition) is 0. The lowest BCUT2D eigenvalue weighted by atomic mass is 10.1. The Hall–Kier alpha value is -2.89. The van der Waals surface area contributed by atoms with E-state index in [9.17, 15) is 14.0 Å². The minimum Gasteiger partial charge on any atom is -0.486 e. The molecule has 0 bridgehead atoms. The van der Waals surface area contributed by atoms with Gasteiger partial charge >= 0.3 is 5.97 Å². The lowest BCUT2D eigenvalue weighted by molar-refractivity contribution is -0.144. The number of Topliss-reactive ketones (excluding diaryl/α,β-unsaturated/α-hetero) is 1. The van der Waals surface area contributed by atoms with E-state index in [0.29, 0.717) is 35.8 Å². The number of benzene rings is 2. The second-order valence-electron chi connectivity index (χ2n) is 5.57. The van der Waals surface area contributed by atoms with Crippen molar-refractivity contribution >= 4 is 11.8 Å². The Morgan fingerprint density at radius 1 is 1.00 bits per heavy atom. The van der Waals surface area contributed by atoms with Crippen molar-refractivity contribution in [2.75, 3.05) is 13.2 Å². The molecule has 0 aliphatic carbocycles. The Bertz CT molecular complexity index is 787. The molecular formula is C19H17FO5. The van der Waals surface area contributed by atoms with Gasteiger partial charge in [0.25, 0.3) is 0 Å². The van der Waals surface area contributed by atoms with Crippen LogP contribution in [0.2, 0.25) is 0 Å². The number of fused-ring (bicyclic) bond motifs is 1. The molecule has 0 saturated carbocycles. The van der Waals surface area contributed by atoms with Crippen LogP contribution in [0.15, 0.2) is 42.5 Å². The van der Waals surface area contributed by atoms with Crippen molar-refractivity contribution in [3.8, 4) is 11.5 Å². The van der Waals surface area contributed by atoms with E-state index in [1.54, 1.807) is 30.3 Å². The highest BCUT2D eigenvalue weighted by molar-refractivity contribution is 5.98. The fraction of sp³-hybridized carbons (Fsp3) is 0.263. The Morgan fingerprint density at radius 2 is 1.80 bits per heavy atom. The van der Waals surface area contributed by atoms with E-state index >= 15 is 0 Å². The zero-order valence-corrected chi connectivity index (χ0v) is 13.5. The van der Waals surface area contributed by atoms with Gasteiger partial charge in [-0.3, -0.25) is 9.59 Å². The smallest absolute Gasteiger partial charge is 0.306 e. The summed E-state index contributed by atoms with van der Waals surface area (Å²) in [6, 6.07) is 10.8. The molecule has 5 nitrogen and oxygen atoms in total. The first kappa shape index (κ1) is 17.0. The van der Waals surface area contributed by atoms with Crippen molar-refractivity contribution in [1.82, 2.24) is 0 Å². The number of esters is 1. The van der Waals surface area contributed by atoms with E-state index in [1.165, 1.54) is 12.1 Å². The maximum absolute atomic E-state index is 13.0. The average molecular weight is 344 g/mol. The van der Waals surface area contributed by atoms with Crippen molar-refractivity contribution in [3.63, 3.8) is 0 Å². The SMILES string of the molecule is O=C(CCC(=O)c1ccc2c(c1)OCCO2)OCc1cccc(F)c1. The zero-order chi connectivity index (χ0) is 17.6. The summed E-state index contributed by atoms with van der Waals surface area (Å²) in [6.07, 6.45) is -0.00970. The van der Waals surface area contributed by atoms with Gasteiger partial charge in [-0.25, -0.2) is 4.39 Å². The molecule has 0 N–H and O–H groups in total. The Morgan fingerprint density at radius 3 is 2.60 bits per heavy atom. The van der Waals surface area contributed by atoms with Gasteiger partial charge in [0.1, 0.15) is 25.6 Å². The van der Waals surface area contributed by atoms with Gasteiger partial charge in [-0.05, 0) is 35.9 Å². The molecule has 0 spiro atoms. The minimum atomic E-state index is -0.504. The van der Waals surface area contributed by atoms with Crippen LogP contribution in [0.25, 0.3) is 0 Å². The molecule has 0 fully saturated rings. The molecule has 130 valence electrons. The van der Waals surface area contributed by atoms with Crippen LogP contribution in [0.4, 0.5) is 4.39 Å². The molecule has 0 atom stereocenters. The van der Waals surface area contributed by atoms with Crippen LogP contribution in [0.5, 0.6) is 11.5 Å². The third-order valence-electron chi connectivity index (χ3n) is 3.71. The first-order valence-corrected chi connectivity index (χ1v) is 7.95. The van der Waals surface area contributed by atoms with Crippen LogP contribution in [-0.2, 0) is 16.1 Å². The summed E-state index contributed by atoms with van der Waals surface area (Å²) in [4.78, 5) is 24.0. The van der Waals surface area contributed by atoms with E-state index in [4.69, 9.17) is 14.2 Å². The number of carbonyl (C=O) groups is 2. The third kappa shape index (κ3) is 4.56. The van der Waals surface area contributed by atoms with Crippen molar-refractivity contribution in [2.45, 2.75) is 19.4 Å². The van der Waals surface area contributed by atoms with Gasteiger partial charge in [-0.1, -0.05) is 12.1 Å². The van der Waals surface area contributed by atoms with Crippen LogP contribution < -0.4 is 9.47 Å². The van der Waals surface area contributed by atoms with Gasteiger partial charge in [0.05, 0.1) is 6.42 Å². The maximum Gasteiger partial charge on any atom is 0.306 e. The number of halogens is 1. The fourth-order valence-corrected chi connectivity index (χ4v) is 2.44. The molecule has 0 saturated heterocycles. The van der Waals surface area contributed by atoms with Crippen LogP contribution in [0.3, 0.4) is 0 Å². The normalized spacial score (nSPS) is 12.5. The van der Waals surface area contributed by atoms with Gasteiger partial charge in [0, 0.05) is 12.0 Å². The van der Waals surface area contributed by atoms with E-state index in [0.717, 1.165) is 0 Å². The quantitative estimate of drug-likeness (QED) is 0.594. The highest BCUT2D eigenvalue weighted by Gasteiger charge is 2.16. The highest BCUT2D eigenvalue weighted by atomic mass is 19.1. The molecule has 2 aromatic rings. The second-order valence-corrected chi connectivity index (χ2v) is 5.57. The first-order valence-electron chi connectivity index (χ1n) is 7.95. The van der Waals surface area contributed by atoms with Crippen molar-refractivity contribution in [3.05, 3.63) is 59.4 Å². The molecule has 0 amide bonds. The topological polar surface area (TPSA) is 61.8 Å². The Balaban J connectivity index is 1.49. The van der Waals surface area contributed by atoms with Gasteiger partial charge < -0.3 is 14.2 Å². The van der Waals surface area contributed by atoms with Gasteiger partial charge in [-0.15, -0.1) is 0 Å². The monoisotopic (exact) mass is 344 g/mol. The minimum absolute atomic E-state index is 0.0190. The molecule has 1 aliphatic rings. The first-order chi connectivity index (χ1) is 12.1. The summed E-state index contributed by atoms with van der Waals surface area (Å²) in [5, 5.41) is 0. The molecule has 25 heavy (non-hydrogen) atoms. The average Bonchev–Trinajstić information content (AvgIpc) is 2.64. The summed E-state index contributed by atoms with van der Waals surface area (Å²) in [6.45, 7) is 0.906. The Labute approximate surface area is 144 Å². The number of rotatable bonds is 6.